The van der Waals surface area contributed by atoms with Crippen molar-refractivity contribution in [2.24, 2.45) is 0 Å². The Labute approximate surface area is 186 Å². The molecular weight excluding hydrogens is 410 g/mol. The maximum atomic E-state index is 13.3. The molecule has 1 aliphatic rings. The Morgan fingerprint density at radius 2 is 2.00 bits per heavy atom. The van der Waals surface area contributed by atoms with Crippen molar-refractivity contribution in [3.05, 3.63) is 46.9 Å². The summed E-state index contributed by atoms with van der Waals surface area (Å²) in [6.07, 6.45) is 3.82. The third-order valence-corrected chi connectivity index (χ3v) is 6.62. The monoisotopic (exact) mass is 439 g/mol. The molecule has 0 N–H and O–H groups in total. The number of fused-ring (bicyclic) bond motifs is 2. The van der Waals surface area contributed by atoms with E-state index in [4.69, 9.17) is 4.98 Å². The van der Waals surface area contributed by atoms with Crippen LogP contribution in [0.1, 0.15) is 53.0 Å². The second kappa shape index (κ2) is 8.49. The van der Waals surface area contributed by atoms with Gasteiger partial charge in [0.1, 0.15) is 5.39 Å². The van der Waals surface area contributed by atoms with E-state index in [2.05, 4.69) is 12.0 Å². The van der Waals surface area contributed by atoms with E-state index in [0.29, 0.717) is 28.5 Å². The molecule has 1 aliphatic heterocycles. The van der Waals surface area contributed by atoms with Gasteiger partial charge < -0.3 is 4.90 Å². The van der Waals surface area contributed by atoms with Crippen molar-refractivity contribution in [1.29, 1.82) is 0 Å². The molecule has 0 saturated carbocycles. The average molecular weight is 440 g/mol. The van der Waals surface area contributed by atoms with Crippen molar-refractivity contribution in [2.75, 3.05) is 17.2 Å². The summed E-state index contributed by atoms with van der Waals surface area (Å²) in [5, 5.41) is 5.58. The molecule has 31 heavy (non-hydrogen) atoms. The largest absolute Gasteiger partial charge is 0.312 e. The van der Waals surface area contributed by atoms with Crippen molar-refractivity contribution in [3.63, 3.8) is 0 Å². The summed E-state index contributed by atoms with van der Waals surface area (Å²) in [4.78, 5) is 33.2. The molecule has 4 rings (SSSR count). The summed E-state index contributed by atoms with van der Waals surface area (Å²) >= 11 is 1.54. The third kappa shape index (κ3) is 4.13. The maximum Gasteiger partial charge on any atom is 0.265 e. The minimum Gasteiger partial charge on any atom is -0.312 e. The minimum atomic E-state index is -0.270. The van der Waals surface area contributed by atoms with Crippen LogP contribution in [-0.4, -0.2) is 37.5 Å². The lowest BCUT2D eigenvalue weighted by Crippen LogP contribution is -2.35. The number of para-hydroxylation sites is 1. The quantitative estimate of drug-likeness (QED) is 0.538. The number of benzene rings is 1. The van der Waals surface area contributed by atoms with Gasteiger partial charge in [-0.3, -0.25) is 14.2 Å². The molecule has 3 aromatic rings. The average Bonchev–Trinajstić information content (AvgIpc) is 3.34. The highest BCUT2D eigenvalue weighted by Gasteiger charge is 2.32. The zero-order valence-corrected chi connectivity index (χ0v) is 19.4. The van der Waals surface area contributed by atoms with Crippen LogP contribution in [0.4, 0.5) is 5.69 Å². The molecule has 0 fully saturated rings. The predicted octanol–water partition coefficient (Wildman–Crippen LogP) is 4.22. The normalized spacial score (nSPS) is 15.9. The van der Waals surface area contributed by atoms with Crippen molar-refractivity contribution in [2.45, 2.75) is 63.7 Å². The smallest absolute Gasteiger partial charge is 0.265 e. The van der Waals surface area contributed by atoms with E-state index in [-0.39, 0.29) is 29.5 Å². The molecule has 2 aromatic heterocycles. The first-order valence-electron chi connectivity index (χ1n) is 10.8. The Bertz CT molecular complexity index is 1150. The fourth-order valence-electron chi connectivity index (χ4n) is 3.91. The SMILES string of the molecule is CCCCN(C(=O)CC1CSc2nc3c(cnn3C(C)(C)C)c(=O)n21)c1ccccc1. The number of nitrogens with zero attached hydrogens (tertiary/aromatic N) is 5. The fourth-order valence-corrected chi connectivity index (χ4v) is 5.04. The molecule has 1 atom stereocenters. The van der Waals surface area contributed by atoms with Crippen LogP contribution in [0.25, 0.3) is 11.0 Å². The molecule has 0 spiro atoms. The molecule has 8 heteroatoms. The molecule has 7 nitrogen and oxygen atoms in total. The molecule has 0 radical (unpaired) electrons. The highest BCUT2D eigenvalue weighted by Crippen LogP contribution is 2.34. The van der Waals surface area contributed by atoms with Crippen molar-refractivity contribution < 1.29 is 4.79 Å². The predicted molar refractivity (Wildman–Crippen MR) is 125 cm³/mol. The number of amides is 1. The van der Waals surface area contributed by atoms with Crippen LogP contribution in [0.15, 0.2) is 46.5 Å². The van der Waals surface area contributed by atoms with Gasteiger partial charge in [0.05, 0.1) is 17.8 Å². The fraction of sp³-hybridized carbons (Fsp3) is 0.478. The van der Waals surface area contributed by atoms with E-state index in [1.165, 1.54) is 11.8 Å². The van der Waals surface area contributed by atoms with Gasteiger partial charge in [0.2, 0.25) is 5.91 Å². The lowest BCUT2D eigenvalue weighted by atomic mass is 10.1. The maximum absolute atomic E-state index is 13.3. The Morgan fingerprint density at radius 1 is 1.26 bits per heavy atom. The second-order valence-corrected chi connectivity index (χ2v) is 9.92. The van der Waals surface area contributed by atoms with Crippen LogP contribution in [0, 0.1) is 0 Å². The number of hydrogen-bond donors (Lipinski definition) is 0. The molecule has 1 aromatic carbocycles. The number of hydrogen-bond acceptors (Lipinski definition) is 5. The van der Waals surface area contributed by atoms with Gasteiger partial charge in [-0.15, -0.1) is 0 Å². The zero-order valence-electron chi connectivity index (χ0n) is 18.5. The lowest BCUT2D eigenvalue weighted by Gasteiger charge is -2.24. The van der Waals surface area contributed by atoms with Gasteiger partial charge in [0.15, 0.2) is 10.8 Å². The van der Waals surface area contributed by atoms with E-state index in [1.54, 1.807) is 15.4 Å². The number of unbranched alkanes of at least 4 members (excludes halogenated alkanes) is 1. The van der Waals surface area contributed by atoms with Crippen LogP contribution >= 0.6 is 11.8 Å². The van der Waals surface area contributed by atoms with Crippen LogP contribution < -0.4 is 10.5 Å². The molecule has 0 bridgehead atoms. The van der Waals surface area contributed by atoms with Gasteiger partial charge in [-0.1, -0.05) is 43.3 Å². The summed E-state index contributed by atoms with van der Waals surface area (Å²) < 4.78 is 3.49. The molecule has 3 heterocycles. The van der Waals surface area contributed by atoms with Crippen LogP contribution in [-0.2, 0) is 10.3 Å². The number of carbonyl (C=O) groups excluding carboxylic acids is 1. The van der Waals surface area contributed by atoms with Crippen LogP contribution in [0.5, 0.6) is 0 Å². The summed E-state index contributed by atoms with van der Waals surface area (Å²) in [5.74, 6) is 0.704. The summed E-state index contributed by atoms with van der Waals surface area (Å²) in [5.41, 5.74) is 1.13. The van der Waals surface area contributed by atoms with E-state index < -0.39 is 0 Å². The Balaban J connectivity index is 1.65. The molecule has 0 saturated heterocycles. The van der Waals surface area contributed by atoms with Gasteiger partial charge in [0, 0.05) is 24.4 Å². The van der Waals surface area contributed by atoms with Crippen LogP contribution in [0.3, 0.4) is 0 Å². The zero-order chi connectivity index (χ0) is 22.2. The molecule has 1 amide bonds. The first-order chi connectivity index (χ1) is 14.8. The van der Waals surface area contributed by atoms with Gasteiger partial charge in [0.25, 0.3) is 5.56 Å². The Morgan fingerprint density at radius 3 is 2.68 bits per heavy atom. The number of thioether (sulfide) groups is 1. The highest BCUT2D eigenvalue weighted by molar-refractivity contribution is 7.99. The van der Waals surface area contributed by atoms with Gasteiger partial charge >= 0.3 is 0 Å². The Hall–Kier alpha value is -2.61. The molecular formula is C23H29N5O2S. The van der Waals surface area contributed by atoms with E-state index >= 15 is 0 Å². The summed E-state index contributed by atoms with van der Waals surface area (Å²) in [6.45, 7) is 8.90. The summed E-state index contributed by atoms with van der Waals surface area (Å²) in [7, 11) is 0. The van der Waals surface area contributed by atoms with Crippen molar-refractivity contribution in [1.82, 2.24) is 19.3 Å². The first kappa shape index (κ1) is 21.6. The highest BCUT2D eigenvalue weighted by atomic mass is 32.2. The van der Waals surface area contributed by atoms with Crippen molar-refractivity contribution >= 4 is 34.4 Å². The second-order valence-electron chi connectivity index (χ2n) is 8.94. The van der Waals surface area contributed by atoms with Gasteiger partial charge in [-0.2, -0.15) is 5.10 Å². The topological polar surface area (TPSA) is 73.0 Å². The van der Waals surface area contributed by atoms with E-state index in [9.17, 15) is 9.59 Å². The van der Waals surface area contributed by atoms with E-state index in [0.717, 1.165) is 18.5 Å². The number of anilines is 1. The molecule has 1 unspecified atom stereocenters. The lowest BCUT2D eigenvalue weighted by molar-refractivity contribution is -0.119. The molecule has 164 valence electrons. The van der Waals surface area contributed by atoms with Gasteiger partial charge in [-0.05, 0) is 39.3 Å². The van der Waals surface area contributed by atoms with Gasteiger partial charge in [-0.25, -0.2) is 9.67 Å². The summed E-state index contributed by atoms with van der Waals surface area (Å²) in [6, 6.07) is 9.55. The minimum absolute atomic E-state index is 0.0375. The third-order valence-electron chi connectivity index (χ3n) is 5.52. The molecule has 0 aliphatic carbocycles. The number of rotatable bonds is 6. The first-order valence-corrected chi connectivity index (χ1v) is 11.8. The standard InChI is InChI=1S/C23H29N5O2S/c1-5-6-12-26(16-10-8-7-9-11-16)19(29)13-17-15-31-22-25-20-18(21(30)27(17)22)14-24-28(20)23(2,3)4/h7-11,14,17H,5-6,12-13,15H2,1-4H3. The Kier molecular flexibility index (Phi) is 5.92. The van der Waals surface area contributed by atoms with E-state index in [1.807, 2.05) is 56.0 Å². The number of carbonyl (C=O) groups is 1. The van der Waals surface area contributed by atoms with Crippen molar-refractivity contribution in [3.8, 4) is 0 Å². The van der Waals surface area contributed by atoms with Crippen LogP contribution in [0.2, 0.25) is 0 Å². The number of aromatic nitrogens is 4.